The number of thiazole rings is 1. The third-order valence-corrected chi connectivity index (χ3v) is 5.06. The monoisotopic (exact) mass is 480 g/mol. The Bertz CT molecular complexity index is 876. The highest BCUT2D eigenvalue weighted by atomic mass is 32.1. The van der Waals surface area contributed by atoms with Gasteiger partial charge in [-0.15, -0.1) is 11.3 Å². The Morgan fingerprint density at radius 1 is 1.03 bits per heavy atom. The molecule has 2 rings (SSSR count). The number of carbonyl (C=O) groups excluding carboxylic acids is 2. The van der Waals surface area contributed by atoms with Gasteiger partial charge < -0.3 is 30.0 Å². The van der Waals surface area contributed by atoms with Crippen molar-refractivity contribution in [3.8, 4) is 5.75 Å². The number of nitrogens with two attached hydrogens (primary N) is 1. The number of nitrogens with zero attached hydrogens (tertiary/aromatic N) is 1. The molecule has 11 heteroatoms. The van der Waals surface area contributed by atoms with Crippen LogP contribution in [0.3, 0.4) is 0 Å². The van der Waals surface area contributed by atoms with E-state index in [0.29, 0.717) is 69.2 Å². The number of aromatic nitrogens is 1. The van der Waals surface area contributed by atoms with Crippen LogP contribution in [0.5, 0.6) is 5.75 Å². The molecule has 1 aromatic carbocycles. The number of hydrogen-bond donors (Lipinski definition) is 3. The average Bonchev–Trinajstić information content (AvgIpc) is 3.20. The van der Waals surface area contributed by atoms with Gasteiger partial charge in [0.1, 0.15) is 5.75 Å². The summed E-state index contributed by atoms with van der Waals surface area (Å²) in [6.45, 7) is 7.27. The quantitative estimate of drug-likeness (QED) is 0.308. The summed E-state index contributed by atoms with van der Waals surface area (Å²) in [5, 5.41) is 6.05. The number of rotatable bonds is 16. The lowest BCUT2D eigenvalue weighted by atomic mass is 10.1. The zero-order valence-electron chi connectivity index (χ0n) is 19.1. The van der Waals surface area contributed by atoms with E-state index in [9.17, 15) is 9.59 Å². The van der Waals surface area contributed by atoms with Crippen LogP contribution in [-0.4, -0.2) is 76.1 Å². The Kier molecular flexibility index (Phi) is 12.4. The first kappa shape index (κ1) is 26.7. The van der Waals surface area contributed by atoms with Crippen LogP contribution in [0.15, 0.2) is 24.4 Å². The van der Waals surface area contributed by atoms with E-state index in [4.69, 9.17) is 24.7 Å². The van der Waals surface area contributed by atoms with Crippen molar-refractivity contribution in [1.29, 1.82) is 0 Å². The molecule has 1 aromatic heterocycles. The highest BCUT2D eigenvalue weighted by molar-refractivity contribution is 7.15. The van der Waals surface area contributed by atoms with E-state index >= 15 is 0 Å². The van der Waals surface area contributed by atoms with Crippen molar-refractivity contribution >= 4 is 28.3 Å². The van der Waals surface area contributed by atoms with Gasteiger partial charge in [-0.1, -0.05) is 0 Å². The molecule has 2 aromatic rings. The van der Waals surface area contributed by atoms with Crippen molar-refractivity contribution in [3.63, 3.8) is 0 Å². The van der Waals surface area contributed by atoms with Gasteiger partial charge in [-0.25, -0.2) is 4.98 Å². The van der Waals surface area contributed by atoms with Crippen LogP contribution in [0.4, 0.5) is 5.13 Å². The van der Waals surface area contributed by atoms with Crippen molar-refractivity contribution in [2.75, 3.05) is 64.7 Å². The SMILES string of the molecule is Cc1cnc(NC(=O)c2ccc(OCC(=O)NCCOCCOCCOCCN)cc2C)s1. The summed E-state index contributed by atoms with van der Waals surface area (Å²) in [5.74, 6) is 0.00937. The molecule has 0 atom stereocenters. The zero-order chi connectivity index (χ0) is 23.9. The second kappa shape index (κ2) is 15.3. The number of carbonyl (C=O) groups is 2. The number of amides is 2. The molecular weight excluding hydrogens is 448 g/mol. The molecule has 0 aliphatic rings. The van der Waals surface area contributed by atoms with Crippen LogP contribution in [-0.2, 0) is 19.0 Å². The fourth-order valence-corrected chi connectivity index (χ4v) is 3.30. The lowest BCUT2D eigenvalue weighted by Crippen LogP contribution is -2.32. The summed E-state index contributed by atoms with van der Waals surface area (Å²) in [7, 11) is 0. The fraction of sp³-hybridized carbons (Fsp3) is 0.500. The van der Waals surface area contributed by atoms with Gasteiger partial charge in [-0.05, 0) is 37.6 Å². The number of nitrogens with one attached hydrogen (secondary N) is 2. The first-order valence-corrected chi connectivity index (χ1v) is 11.5. The van der Waals surface area contributed by atoms with Gasteiger partial charge in [0, 0.05) is 29.7 Å². The first-order valence-electron chi connectivity index (χ1n) is 10.7. The number of benzene rings is 1. The first-order chi connectivity index (χ1) is 16.0. The maximum atomic E-state index is 12.4. The number of anilines is 1. The zero-order valence-corrected chi connectivity index (χ0v) is 19.9. The minimum Gasteiger partial charge on any atom is -0.484 e. The molecule has 0 bridgehead atoms. The third-order valence-electron chi connectivity index (χ3n) is 4.23. The molecule has 182 valence electrons. The Hall–Kier alpha value is -2.57. The second-order valence-corrected chi connectivity index (χ2v) is 8.21. The summed E-state index contributed by atoms with van der Waals surface area (Å²) in [4.78, 5) is 29.5. The molecule has 0 spiro atoms. The number of aryl methyl sites for hydroxylation is 2. The largest absolute Gasteiger partial charge is 0.484 e. The highest BCUT2D eigenvalue weighted by Gasteiger charge is 2.12. The summed E-state index contributed by atoms with van der Waals surface area (Å²) < 4.78 is 21.4. The van der Waals surface area contributed by atoms with E-state index in [1.807, 2.05) is 13.8 Å². The summed E-state index contributed by atoms with van der Waals surface area (Å²) in [6.07, 6.45) is 1.71. The molecular formula is C22H32N4O6S. The van der Waals surface area contributed by atoms with Crippen LogP contribution < -0.4 is 21.1 Å². The Labute approximate surface area is 197 Å². The van der Waals surface area contributed by atoms with Crippen LogP contribution in [0.25, 0.3) is 0 Å². The molecule has 33 heavy (non-hydrogen) atoms. The average molecular weight is 481 g/mol. The molecule has 1 heterocycles. The minimum atomic E-state index is -0.259. The Morgan fingerprint density at radius 2 is 1.73 bits per heavy atom. The van der Waals surface area contributed by atoms with Gasteiger partial charge in [0.2, 0.25) is 0 Å². The molecule has 4 N–H and O–H groups in total. The maximum Gasteiger partial charge on any atom is 0.258 e. The van der Waals surface area contributed by atoms with E-state index in [1.54, 1.807) is 24.4 Å². The van der Waals surface area contributed by atoms with E-state index in [2.05, 4.69) is 15.6 Å². The van der Waals surface area contributed by atoms with Gasteiger partial charge in [0.05, 0.1) is 39.6 Å². The molecule has 0 aliphatic carbocycles. The van der Waals surface area contributed by atoms with Crippen molar-refractivity contribution in [2.45, 2.75) is 13.8 Å². The summed E-state index contributed by atoms with van der Waals surface area (Å²) in [6, 6.07) is 5.05. The van der Waals surface area contributed by atoms with E-state index in [0.717, 1.165) is 10.4 Å². The summed E-state index contributed by atoms with van der Waals surface area (Å²) in [5.41, 5.74) is 6.57. The Morgan fingerprint density at radius 3 is 2.36 bits per heavy atom. The maximum absolute atomic E-state index is 12.4. The van der Waals surface area contributed by atoms with Crippen LogP contribution in [0, 0.1) is 13.8 Å². The molecule has 0 saturated heterocycles. The van der Waals surface area contributed by atoms with Crippen molar-refractivity contribution in [2.24, 2.45) is 5.73 Å². The predicted octanol–water partition coefficient (Wildman–Crippen LogP) is 1.52. The van der Waals surface area contributed by atoms with E-state index in [1.165, 1.54) is 11.3 Å². The third kappa shape index (κ3) is 10.7. The molecule has 2 amide bonds. The number of hydrogen-bond acceptors (Lipinski definition) is 9. The van der Waals surface area contributed by atoms with Crippen LogP contribution in [0.2, 0.25) is 0 Å². The predicted molar refractivity (Wildman–Crippen MR) is 126 cm³/mol. The number of ether oxygens (including phenoxy) is 4. The second-order valence-electron chi connectivity index (χ2n) is 6.97. The highest BCUT2D eigenvalue weighted by Crippen LogP contribution is 2.21. The molecule has 0 aliphatic heterocycles. The molecule has 0 unspecified atom stereocenters. The van der Waals surface area contributed by atoms with E-state index in [-0.39, 0.29) is 18.4 Å². The van der Waals surface area contributed by atoms with Gasteiger partial charge in [-0.3, -0.25) is 14.9 Å². The standard InChI is InChI=1S/C22H32N4O6S/c1-16-13-18(3-4-19(16)21(28)26-22-25-14-17(2)33-22)32-15-20(27)24-6-8-30-10-12-31-11-9-29-7-5-23/h3-4,13-14H,5-12,15,23H2,1-2H3,(H,24,27)(H,25,26,28). The molecule has 0 fully saturated rings. The normalized spacial score (nSPS) is 10.8. The van der Waals surface area contributed by atoms with Gasteiger partial charge in [0.25, 0.3) is 11.8 Å². The fourth-order valence-electron chi connectivity index (χ4n) is 2.65. The van der Waals surface area contributed by atoms with Gasteiger partial charge in [0.15, 0.2) is 11.7 Å². The summed E-state index contributed by atoms with van der Waals surface area (Å²) >= 11 is 1.41. The van der Waals surface area contributed by atoms with Crippen LogP contribution >= 0.6 is 11.3 Å². The topological polar surface area (TPSA) is 134 Å². The lowest BCUT2D eigenvalue weighted by molar-refractivity contribution is -0.123. The van der Waals surface area contributed by atoms with Gasteiger partial charge in [-0.2, -0.15) is 0 Å². The molecule has 0 saturated carbocycles. The molecule has 10 nitrogen and oxygen atoms in total. The minimum absolute atomic E-state index is 0.130. The van der Waals surface area contributed by atoms with Crippen LogP contribution in [0.1, 0.15) is 20.8 Å². The Balaban J connectivity index is 1.58. The van der Waals surface area contributed by atoms with Crippen molar-refractivity contribution in [3.05, 3.63) is 40.4 Å². The van der Waals surface area contributed by atoms with Crippen molar-refractivity contribution < 1.29 is 28.5 Å². The van der Waals surface area contributed by atoms with Crippen molar-refractivity contribution in [1.82, 2.24) is 10.3 Å². The smallest absolute Gasteiger partial charge is 0.258 e. The molecule has 0 radical (unpaired) electrons. The van der Waals surface area contributed by atoms with Gasteiger partial charge >= 0.3 is 0 Å². The lowest BCUT2D eigenvalue weighted by Gasteiger charge is -2.11. The van der Waals surface area contributed by atoms with E-state index < -0.39 is 0 Å².